The van der Waals surface area contributed by atoms with Gasteiger partial charge >= 0.3 is 0 Å². The lowest BCUT2D eigenvalue weighted by Crippen LogP contribution is -2.51. The molecule has 0 saturated carbocycles. The SMILES string of the molecule is CCNC(C)(CO)CCN1CC(C)OC(C)C1. The quantitative estimate of drug-likeness (QED) is 0.727. The monoisotopic (exact) mass is 244 g/mol. The van der Waals surface area contributed by atoms with Gasteiger partial charge in [-0.05, 0) is 33.7 Å². The van der Waals surface area contributed by atoms with Gasteiger partial charge in [-0.1, -0.05) is 6.92 Å². The minimum atomic E-state index is -0.153. The molecule has 17 heavy (non-hydrogen) atoms. The van der Waals surface area contributed by atoms with Crippen LogP contribution in [0.4, 0.5) is 0 Å². The molecular formula is C13H28N2O2. The van der Waals surface area contributed by atoms with Gasteiger partial charge in [-0.2, -0.15) is 0 Å². The Labute approximate surface area is 105 Å². The van der Waals surface area contributed by atoms with E-state index in [4.69, 9.17) is 4.74 Å². The average molecular weight is 244 g/mol. The van der Waals surface area contributed by atoms with Crippen molar-refractivity contribution >= 4 is 0 Å². The second-order valence-electron chi connectivity index (χ2n) is 5.52. The molecule has 0 amide bonds. The molecule has 1 fully saturated rings. The Balaban J connectivity index is 2.38. The summed E-state index contributed by atoms with van der Waals surface area (Å²) >= 11 is 0. The maximum absolute atomic E-state index is 9.44. The van der Waals surface area contributed by atoms with E-state index in [2.05, 4.69) is 37.9 Å². The number of aliphatic hydroxyl groups is 1. The van der Waals surface area contributed by atoms with E-state index in [-0.39, 0.29) is 12.1 Å². The predicted octanol–water partition coefficient (Wildman–Crippen LogP) is 0.846. The Morgan fingerprint density at radius 2 is 1.94 bits per heavy atom. The van der Waals surface area contributed by atoms with Crippen molar-refractivity contribution in [2.45, 2.75) is 51.9 Å². The summed E-state index contributed by atoms with van der Waals surface area (Å²) in [6, 6.07) is 0. The third-order valence-corrected chi connectivity index (χ3v) is 3.43. The largest absolute Gasteiger partial charge is 0.394 e. The zero-order valence-corrected chi connectivity index (χ0v) is 11.7. The molecule has 2 N–H and O–H groups in total. The molecule has 102 valence electrons. The number of nitrogens with zero attached hydrogens (tertiary/aromatic N) is 1. The first-order valence-electron chi connectivity index (χ1n) is 6.73. The van der Waals surface area contributed by atoms with Crippen LogP contribution in [0.2, 0.25) is 0 Å². The minimum Gasteiger partial charge on any atom is -0.394 e. The lowest BCUT2D eigenvalue weighted by molar-refractivity contribution is -0.0699. The van der Waals surface area contributed by atoms with E-state index in [9.17, 15) is 5.11 Å². The minimum absolute atomic E-state index is 0.153. The third-order valence-electron chi connectivity index (χ3n) is 3.43. The molecule has 0 spiro atoms. The van der Waals surface area contributed by atoms with Crippen LogP contribution in [0.25, 0.3) is 0 Å². The van der Waals surface area contributed by atoms with Crippen LogP contribution in [0.5, 0.6) is 0 Å². The van der Waals surface area contributed by atoms with Crippen LogP contribution in [0.3, 0.4) is 0 Å². The fraction of sp³-hybridized carbons (Fsp3) is 1.00. The van der Waals surface area contributed by atoms with Gasteiger partial charge in [0.05, 0.1) is 18.8 Å². The fourth-order valence-electron chi connectivity index (χ4n) is 2.52. The van der Waals surface area contributed by atoms with Crippen molar-refractivity contribution in [2.75, 3.05) is 32.8 Å². The van der Waals surface area contributed by atoms with Crippen molar-refractivity contribution in [3.8, 4) is 0 Å². The summed E-state index contributed by atoms with van der Waals surface area (Å²) in [6.45, 7) is 12.5. The first-order valence-corrected chi connectivity index (χ1v) is 6.73. The van der Waals surface area contributed by atoms with E-state index >= 15 is 0 Å². The fourth-order valence-corrected chi connectivity index (χ4v) is 2.52. The Morgan fingerprint density at radius 1 is 1.35 bits per heavy atom. The zero-order valence-electron chi connectivity index (χ0n) is 11.7. The van der Waals surface area contributed by atoms with Crippen LogP contribution in [-0.2, 0) is 4.74 Å². The van der Waals surface area contributed by atoms with Crippen LogP contribution >= 0.6 is 0 Å². The first kappa shape index (κ1) is 14.9. The van der Waals surface area contributed by atoms with Crippen LogP contribution < -0.4 is 5.32 Å². The van der Waals surface area contributed by atoms with Crippen molar-refractivity contribution in [1.29, 1.82) is 0 Å². The Morgan fingerprint density at radius 3 is 2.41 bits per heavy atom. The smallest absolute Gasteiger partial charge is 0.0678 e. The number of hydrogen-bond acceptors (Lipinski definition) is 4. The lowest BCUT2D eigenvalue weighted by atomic mass is 9.98. The molecule has 1 heterocycles. The first-order chi connectivity index (χ1) is 7.99. The molecule has 1 rings (SSSR count). The molecule has 0 aliphatic carbocycles. The third kappa shape index (κ3) is 4.92. The number of likely N-dealkylation sites (N-methyl/N-ethyl adjacent to an activating group) is 1. The summed E-state index contributed by atoms with van der Waals surface area (Å²) in [5.74, 6) is 0. The highest BCUT2D eigenvalue weighted by Crippen LogP contribution is 2.14. The topological polar surface area (TPSA) is 44.7 Å². The molecule has 0 aromatic carbocycles. The number of hydrogen-bond donors (Lipinski definition) is 2. The van der Waals surface area contributed by atoms with Crippen molar-refractivity contribution in [3.63, 3.8) is 0 Å². The van der Waals surface area contributed by atoms with Gasteiger partial charge in [0, 0.05) is 25.2 Å². The van der Waals surface area contributed by atoms with Gasteiger partial charge in [0.1, 0.15) is 0 Å². The number of rotatable bonds is 6. The second-order valence-corrected chi connectivity index (χ2v) is 5.52. The molecule has 1 saturated heterocycles. The number of morpholine rings is 1. The van der Waals surface area contributed by atoms with E-state index in [1.807, 2.05) is 0 Å². The normalized spacial score (nSPS) is 30.2. The maximum Gasteiger partial charge on any atom is 0.0678 e. The Hall–Kier alpha value is -0.160. The molecule has 3 unspecified atom stereocenters. The number of ether oxygens (including phenoxy) is 1. The van der Waals surface area contributed by atoms with Crippen molar-refractivity contribution in [1.82, 2.24) is 10.2 Å². The molecule has 4 nitrogen and oxygen atoms in total. The highest BCUT2D eigenvalue weighted by molar-refractivity contribution is 4.84. The summed E-state index contributed by atoms with van der Waals surface area (Å²) in [5.41, 5.74) is -0.153. The highest BCUT2D eigenvalue weighted by atomic mass is 16.5. The van der Waals surface area contributed by atoms with Gasteiger partial charge in [0.2, 0.25) is 0 Å². The van der Waals surface area contributed by atoms with Crippen LogP contribution in [0.1, 0.15) is 34.1 Å². The standard InChI is InChI=1S/C13H28N2O2/c1-5-14-13(4,10-16)6-7-15-8-11(2)17-12(3)9-15/h11-12,14,16H,5-10H2,1-4H3. The van der Waals surface area contributed by atoms with Gasteiger partial charge in [0.15, 0.2) is 0 Å². The summed E-state index contributed by atoms with van der Waals surface area (Å²) in [4.78, 5) is 2.43. The predicted molar refractivity (Wildman–Crippen MR) is 70.2 cm³/mol. The molecule has 4 heteroatoms. The summed E-state index contributed by atoms with van der Waals surface area (Å²) < 4.78 is 5.72. The van der Waals surface area contributed by atoms with Crippen LogP contribution in [-0.4, -0.2) is 60.5 Å². The lowest BCUT2D eigenvalue weighted by Gasteiger charge is -2.37. The number of nitrogens with one attached hydrogen (secondary N) is 1. The van der Waals surface area contributed by atoms with E-state index in [0.717, 1.165) is 32.6 Å². The van der Waals surface area contributed by atoms with Crippen molar-refractivity contribution < 1.29 is 9.84 Å². The zero-order chi connectivity index (χ0) is 12.9. The molecular weight excluding hydrogens is 216 g/mol. The summed E-state index contributed by atoms with van der Waals surface area (Å²) in [5, 5.41) is 12.8. The highest BCUT2D eigenvalue weighted by Gasteiger charge is 2.26. The molecule has 3 atom stereocenters. The molecule has 0 aromatic heterocycles. The van der Waals surface area contributed by atoms with E-state index in [1.165, 1.54) is 0 Å². The average Bonchev–Trinajstić information content (AvgIpc) is 2.26. The van der Waals surface area contributed by atoms with Crippen LogP contribution in [0, 0.1) is 0 Å². The summed E-state index contributed by atoms with van der Waals surface area (Å²) in [7, 11) is 0. The molecule has 0 aromatic rings. The molecule has 1 aliphatic heterocycles. The maximum atomic E-state index is 9.44. The molecule has 0 radical (unpaired) electrons. The van der Waals surface area contributed by atoms with E-state index in [0.29, 0.717) is 12.2 Å². The van der Waals surface area contributed by atoms with Crippen molar-refractivity contribution in [3.05, 3.63) is 0 Å². The number of aliphatic hydroxyl groups excluding tert-OH is 1. The van der Waals surface area contributed by atoms with E-state index < -0.39 is 0 Å². The van der Waals surface area contributed by atoms with Gasteiger partial charge in [-0.3, -0.25) is 4.90 Å². The van der Waals surface area contributed by atoms with Gasteiger partial charge in [0.25, 0.3) is 0 Å². The Kier molecular flexibility index (Phi) is 5.86. The molecule has 1 aliphatic rings. The van der Waals surface area contributed by atoms with E-state index in [1.54, 1.807) is 0 Å². The van der Waals surface area contributed by atoms with Gasteiger partial charge < -0.3 is 15.2 Å². The van der Waals surface area contributed by atoms with Crippen LogP contribution in [0.15, 0.2) is 0 Å². The van der Waals surface area contributed by atoms with Crippen molar-refractivity contribution in [2.24, 2.45) is 0 Å². The summed E-state index contributed by atoms with van der Waals surface area (Å²) in [6.07, 6.45) is 1.60. The molecule has 0 bridgehead atoms. The van der Waals surface area contributed by atoms with Gasteiger partial charge in [-0.25, -0.2) is 0 Å². The Bertz CT molecular complexity index is 215. The second kappa shape index (κ2) is 6.69. The van der Waals surface area contributed by atoms with Gasteiger partial charge in [-0.15, -0.1) is 0 Å².